The fourth-order valence-corrected chi connectivity index (χ4v) is 4.15. The molecule has 1 atom stereocenters. The number of nitrogens with one attached hydrogen (secondary N) is 1. The van der Waals surface area contributed by atoms with Gasteiger partial charge in [-0.15, -0.1) is 0 Å². The molecule has 3 nitrogen and oxygen atoms in total. The number of aromatic nitrogens is 1. The van der Waals surface area contributed by atoms with E-state index in [0.717, 1.165) is 19.5 Å². The Kier molecular flexibility index (Phi) is 6.03. The van der Waals surface area contributed by atoms with Gasteiger partial charge in [0, 0.05) is 43.3 Å². The Morgan fingerprint density at radius 1 is 0.964 bits per heavy atom. The lowest BCUT2D eigenvalue weighted by atomic mass is 10.0. The molecule has 0 radical (unpaired) electrons. The van der Waals surface area contributed by atoms with E-state index in [-0.39, 0.29) is 0 Å². The van der Waals surface area contributed by atoms with E-state index < -0.39 is 0 Å². The summed E-state index contributed by atoms with van der Waals surface area (Å²) in [7, 11) is 0. The highest BCUT2D eigenvalue weighted by atomic mass is 15.1. The molecular formula is C25H29N3. The second-order valence-corrected chi connectivity index (χ2v) is 7.81. The molecule has 2 heterocycles. The number of pyridine rings is 1. The number of nitrogens with zero attached hydrogens (tertiary/aromatic N) is 2. The molecule has 28 heavy (non-hydrogen) atoms. The van der Waals surface area contributed by atoms with Crippen LogP contribution in [0.15, 0.2) is 79.1 Å². The number of hydrogen-bond acceptors (Lipinski definition) is 3. The third kappa shape index (κ3) is 4.79. The van der Waals surface area contributed by atoms with Crippen molar-refractivity contribution < 1.29 is 0 Å². The minimum absolute atomic E-state index is 0.474. The van der Waals surface area contributed by atoms with E-state index in [0.29, 0.717) is 12.1 Å². The van der Waals surface area contributed by atoms with Gasteiger partial charge in [-0.3, -0.25) is 4.98 Å². The van der Waals surface area contributed by atoms with Crippen molar-refractivity contribution in [1.29, 1.82) is 0 Å². The van der Waals surface area contributed by atoms with Crippen molar-refractivity contribution in [1.82, 2.24) is 10.3 Å². The Balaban J connectivity index is 1.32. The van der Waals surface area contributed by atoms with Gasteiger partial charge in [0.1, 0.15) is 0 Å². The highest BCUT2D eigenvalue weighted by Gasteiger charge is 2.21. The molecule has 144 valence electrons. The zero-order valence-electron chi connectivity index (χ0n) is 16.6. The number of rotatable bonds is 6. The molecule has 1 N–H and O–H groups in total. The average molecular weight is 372 g/mol. The fraction of sp³-hybridized carbons (Fsp3) is 0.320. The fourth-order valence-electron chi connectivity index (χ4n) is 4.15. The van der Waals surface area contributed by atoms with Crippen molar-refractivity contribution in [3.05, 3.63) is 84.7 Å². The van der Waals surface area contributed by atoms with E-state index >= 15 is 0 Å². The van der Waals surface area contributed by atoms with Crippen LogP contribution in [0, 0.1) is 0 Å². The summed E-state index contributed by atoms with van der Waals surface area (Å²) in [5.41, 5.74) is 5.22. The lowest BCUT2D eigenvalue weighted by molar-refractivity contribution is 0.375. The van der Waals surface area contributed by atoms with Crippen LogP contribution in [0.4, 0.5) is 5.69 Å². The zero-order chi connectivity index (χ0) is 19.2. The molecule has 0 bridgehead atoms. The van der Waals surface area contributed by atoms with Crippen LogP contribution in [-0.4, -0.2) is 30.2 Å². The van der Waals surface area contributed by atoms with Crippen molar-refractivity contribution in [3.8, 4) is 11.1 Å². The van der Waals surface area contributed by atoms with Crippen LogP contribution < -0.4 is 10.2 Å². The molecule has 0 saturated carbocycles. The monoisotopic (exact) mass is 371 g/mol. The van der Waals surface area contributed by atoms with Gasteiger partial charge in [0.2, 0.25) is 0 Å². The Morgan fingerprint density at radius 2 is 1.75 bits per heavy atom. The first kappa shape index (κ1) is 18.7. The maximum absolute atomic E-state index is 4.22. The highest BCUT2D eigenvalue weighted by Crippen LogP contribution is 2.26. The van der Waals surface area contributed by atoms with Crippen LogP contribution in [0.3, 0.4) is 0 Å². The van der Waals surface area contributed by atoms with Crippen molar-refractivity contribution in [2.45, 2.75) is 38.3 Å². The lowest BCUT2D eigenvalue weighted by Crippen LogP contribution is -2.46. The lowest BCUT2D eigenvalue weighted by Gasteiger charge is -2.35. The summed E-state index contributed by atoms with van der Waals surface area (Å²) in [6, 6.07) is 24.8. The highest BCUT2D eigenvalue weighted by molar-refractivity contribution is 5.68. The zero-order valence-corrected chi connectivity index (χ0v) is 16.6. The van der Waals surface area contributed by atoms with E-state index in [1.54, 1.807) is 0 Å². The van der Waals surface area contributed by atoms with Crippen LogP contribution in [0.5, 0.6) is 0 Å². The average Bonchev–Trinajstić information content (AvgIpc) is 2.76. The molecule has 3 aromatic rings. The van der Waals surface area contributed by atoms with Gasteiger partial charge in [0.25, 0.3) is 0 Å². The minimum atomic E-state index is 0.474. The minimum Gasteiger partial charge on any atom is -0.371 e. The molecule has 0 amide bonds. The van der Waals surface area contributed by atoms with Crippen LogP contribution in [0.1, 0.15) is 25.3 Å². The molecule has 0 unspecified atom stereocenters. The predicted octanol–water partition coefficient (Wildman–Crippen LogP) is 4.94. The van der Waals surface area contributed by atoms with E-state index in [1.807, 2.05) is 18.5 Å². The molecule has 0 aliphatic carbocycles. The summed E-state index contributed by atoms with van der Waals surface area (Å²) in [5, 5.41) is 3.82. The maximum atomic E-state index is 4.22. The molecule has 2 aromatic carbocycles. The van der Waals surface area contributed by atoms with Crippen molar-refractivity contribution in [2.75, 3.05) is 18.0 Å². The third-order valence-electron chi connectivity index (χ3n) is 5.60. The molecule has 4 rings (SSSR count). The smallest absolute Gasteiger partial charge is 0.0372 e. The standard InChI is InChI=1S/C25H29N3/c1-20(17-21-7-6-14-26-19-21)27-24-12-15-28(16-13-24)25-11-5-10-23(18-25)22-8-3-2-4-9-22/h2-11,14,18-20,24,27H,12-13,15-17H2,1H3/t20-/m1/s1. The van der Waals surface area contributed by atoms with Gasteiger partial charge in [-0.2, -0.15) is 0 Å². The summed E-state index contributed by atoms with van der Waals surface area (Å²) in [6.45, 7) is 4.49. The Morgan fingerprint density at radius 3 is 2.50 bits per heavy atom. The molecule has 1 aromatic heterocycles. The van der Waals surface area contributed by atoms with Crippen LogP contribution in [0.2, 0.25) is 0 Å². The molecule has 0 spiro atoms. The van der Waals surface area contributed by atoms with Gasteiger partial charge >= 0.3 is 0 Å². The Labute approximate surface area is 168 Å². The van der Waals surface area contributed by atoms with Gasteiger partial charge < -0.3 is 10.2 Å². The second kappa shape index (κ2) is 9.03. The predicted molar refractivity (Wildman–Crippen MR) is 118 cm³/mol. The van der Waals surface area contributed by atoms with Crippen molar-refractivity contribution in [2.24, 2.45) is 0 Å². The van der Waals surface area contributed by atoms with Gasteiger partial charge in [-0.05, 0) is 61.1 Å². The SMILES string of the molecule is C[C@H](Cc1cccnc1)NC1CCN(c2cccc(-c3ccccc3)c2)CC1. The van der Waals surface area contributed by atoms with Crippen molar-refractivity contribution in [3.63, 3.8) is 0 Å². The first-order valence-corrected chi connectivity index (χ1v) is 10.3. The first-order chi connectivity index (χ1) is 13.8. The third-order valence-corrected chi connectivity index (χ3v) is 5.60. The van der Waals surface area contributed by atoms with E-state index in [1.165, 1.54) is 35.2 Å². The summed E-state index contributed by atoms with van der Waals surface area (Å²) in [6.07, 6.45) is 7.22. The maximum Gasteiger partial charge on any atom is 0.0372 e. The topological polar surface area (TPSA) is 28.2 Å². The molecule has 1 saturated heterocycles. The van der Waals surface area contributed by atoms with E-state index in [2.05, 4.69) is 82.8 Å². The van der Waals surface area contributed by atoms with Gasteiger partial charge in [-0.25, -0.2) is 0 Å². The molecule has 1 aliphatic rings. The molecule has 3 heteroatoms. The van der Waals surface area contributed by atoms with Gasteiger partial charge in [0.05, 0.1) is 0 Å². The Hall–Kier alpha value is -2.65. The van der Waals surface area contributed by atoms with E-state index in [9.17, 15) is 0 Å². The largest absolute Gasteiger partial charge is 0.371 e. The van der Waals surface area contributed by atoms with Gasteiger partial charge in [0.15, 0.2) is 0 Å². The van der Waals surface area contributed by atoms with Gasteiger partial charge in [-0.1, -0.05) is 48.5 Å². The van der Waals surface area contributed by atoms with Crippen molar-refractivity contribution >= 4 is 5.69 Å². The summed E-state index contributed by atoms with van der Waals surface area (Å²) in [4.78, 5) is 6.75. The Bertz CT molecular complexity index is 855. The van der Waals surface area contributed by atoms with Crippen LogP contribution >= 0.6 is 0 Å². The summed E-state index contributed by atoms with van der Waals surface area (Å²) in [5.74, 6) is 0. The number of benzene rings is 2. The molecular weight excluding hydrogens is 342 g/mol. The molecule has 1 aliphatic heterocycles. The quantitative estimate of drug-likeness (QED) is 0.665. The summed E-state index contributed by atoms with van der Waals surface area (Å²) >= 11 is 0. The van der Waals surface area contributed by atoms with Crippen LogP contribution in [0.25, 0.3) is 11.1 Å². The normalized spacial score (nSPS) is 16.1. The first-order valence-electron chi connectivity index (χ1n) is 10.3. The summed E-state index contributed by atoms with van der Waals surface area (Å²) < 4.78 is 0. The second-order valence-electron chi connectivity index (χ2n) is 7.81. The van der Waals surface area contributed by atoms with E-state index in [4.69, 9.17) is 0 Å². The number of piperidine rings is 1. The molecule has 1 fully saturated rings. The van der Waals surface area contributed by atoms with Crippen LogP contribution in [-0.2, 0) is 6.42 Å². The number of anilines is 1. The number of hydrogen-bond donors (Lipinski definition) is 1.